The normalized spacial score (nSPS) is 12.0. The van der Waals surface area contributed by atoms with Gasteiger partial charge in [0.25, 0.3) is 11.8 Å². The lowest BCUT2D eigenvalue weighted by Gasteiger charge is -2.07. The molecule has 0 radical (unpaired) electrons. The molecule has 2 amide bonds. The monoisotopic (exact) mass is 452 g/mol. The number of aromatic amines is 2. The largest absolute Gasteiger partial charge is 0.410 e. The molecule has 2 rings (SSSR count). The SMILES string of the molecule is O=C(NCCSSCCNC(=O)/C(Cc1ccc[nH]1)=N/O)/C(Cc1ccc[nH]1)=N/O. The number of amides is 2. The number of nitrogens with one attached hydrogen (secondary N) is 4. The van der Waals surface area contributed by atoms with E-state index in [0.717, 1.165) is 11.4 Å². The number of carbonyl (C=O) groups excluding carboxylic acids is 2. The van der Waals surface area contributed by atoms with Crippen LogP contribution in [0.25, 0.3) is 0 Å². The third-order valence-corrected chi connectivity index (χ3v) is 6.24. The van der Waals surface area contributed by atoms with Gasteiger partial charge in [0.1, 0.15) is 11.4 Å². The summed E-state index contributed by atoms with van der Waals surface area (Å²) in [4.78, 5) is 29.9. The molecule has 0 unspecified atom stereocenters. The summed E-state index contributed by atoms with van der Waals surface area (Å²) in [5.41, 5.74) is 1.65. The van der Waals surface area contributed by atoms with Crippen LogP contribution in [-0.2, 0) is 22.4 Å². The van der Waals surface area contributed by atoms with E-state index in [1.807, 2.05) is 0 Å². The van der Waals surface area contributed by atoms with E-state index in [1.165, 1.54) is 0 Å². The standard InChI is InChI=1S/C18H24N6O4S2/c25-17(15(23-27)11-13-3-1-5-19-13)21-7-9-29-30-10-8-22-18(26)16(24-28)12-14-4-2-6-20-14/h1-6,19-20,27-28H,7-12H2,(H,21,25)(H,22,26)/b23-15+,24-16+. The molecule has 0 saturated heterocycles. The zero-order chi connectivity index (χ0) is 21.6. The highest BCUT2D eigenvalue weighted by atomic mass is 33.1. The number of rotatable bonds is 13. The zero-order valence-electron chi connectivity index (χ0n) is 16.1. The van der Waals surface area contributed by atoms with E-state index in [4.69, 9.17) is 10.4 Å². The third-order valence-electron chi connectivity index (χ3n) is 3.83. The maximum absolute atomic E-state index is 12.0. The van der Waals surface area contributed by atoms with Crippen LogP contribution in [0.1, 0.15) is 11.4 Å². The Hall–Kier alpha value is -2.86. The maximum atomic E-state index is 12.0. The van der Waals surface area contributed by atoms with Gasteiger partial charge in [0.2, 0.25) is 0 Å². The Morgan fingerprint density at radius 2 is 1.27 bits per heavy atom. The van der Waals surface area contributed by atoms with Crippen molar-refractivity contribution in [2.24, 2.45) is 10.3 Å². The molecule has 30 heavy (non-hydrogen) atoms. The molecule has 0 aromatic carbocycles. The number of aromatic nitrogens is 2. The van der Waals surface area contributed by atoms with Crippen molar-refractivity contribution < 1.29 is 20.0 Å². The number of nitrogens with zero attached hydrogens (tertiary/aromatic N) is 2. The highest BCUT2D eigenvalue weighted by Gasteiger charge is 2.14. The average Bonchev–Trinajstić information content (AvgIpc) is 3.45. The molecule has 6 N–H and O–H groups in total. The van der Waals surface area contributed by atoms with Crippen molar-refractivity contribution in [2.45, 2.75) is 12.8 Å². The van der Waals surface area contributed by atoms with E-state index in [9.17, 15) is 9.59 Å². The van der Waals surface area contributed by atoms with Gasteiger partial charge in [-0.1, -0.05) is 31.9 Å². The first kappa shape index (κ1) is 23.4. The molecule has 2 aromatic rings. The quantitative estimate of drug-likeness (QED) is 0.0887. The van der Waals surface area contributed by atoms with Gasteiger partial charge in [-0.15, -0.1) is 0 Å². The van der Waals surface area contributed by atoms with E-state index in [2.05, 4.69) is 30.9 Å². The highest BCUT2D eigenvalue weighted by Crippen LogP contribution is 2.19. The molecule has 0 saturated carbocycles. The van der Waals surface area contributed by atoms with Gasteiger partial charge < -0.3 is 31.0 Å². The lowest BCUT2D eigenvalue weighted by molar-refractivity contribution is -0.115. The molecule has 0 aliphatic rings. The summed E-state index contributed by atoms with van der Waals surface area (Å²) in [6.45, 7) is 0.841. The summed E-state index contributed by atoms with van der Waals surface area (Å²) < 4.78 is 0. The lowest BCUT2D eigenvalue weighted by Crippen LogP contribution is -2.34. The molecular formula is C18H24N6O4S2. The Balaban J connectivity index is 1.53. The Kier molecular flexibility index (Phi) is 10.4. The van der Waals surface area contributed by atoms with Crippen molar-refractivity contribution >= 4 is 44.8 Å². The Labute approximate surface area is 181 Å². The topological polar surface area (TPSA) is 155 Å². The van der Waals surface area contributed by atoms with Gasteiger partial charge in [-0.25, -0.2) is 0 Å². The fourth-order valence-electron chi connectivity index (χ4n) is 2.37. The first-order valence-corrected chi connectivity index (χ1v) is 11.6. The zero-order valence-corrected chi connectivity index (χ0v) is 17.8. The third kappa shape index (κ3) is 8.25. The molecule has 0 spiro atoms. The minimum Gasteiger partial charge on any atom is -0.410 e. The van der Waals surface area contributed by atoms with Crippen LogP contribution in [0.2, 0.25) is 0 Å². The highest BCUT2D eigenvalue weighted by molar-refractivity contribution is 8.76. The number of oxime groups is 2. The average molecular weight is 453 g/mol. The smallest absolute Gasteiger partial charge is 0.269 e. The summed E-state index contributed by atoms with van der Waals surface area (Å²) in [6.07, 6.45) is 3.91. The molecule has 2 aromatic heterocycles. The molecule has 2 heterocycles. The lowest BCUT2D eigenvalue weighted by atomic mass is 10.2. The number of hydrogen-bond acceptors (Lipinski definition) is 8. The first-order valence-electron chi connectivity index (χ1n) is 9.11. The van der Waals surface area contributed by atoms with Crippen molar-refractivity contribution in [3.05, 3.63) is 48.0 Å². The predicted octanol–water partition coefficient (Wildman–Crippen LogP) is 1.40. The summed E-state index contributed by atoms with van der Waals surface area (Å²) in [7, 11) is 3.09. The van der Waals surface area contributed by atoms with Crippen LogP contribution in [0, 0.1) is 0 Å². The summed E-state index contributed by atoms with van der Waals surface area (Å²) in [5, 5.41) is 29.6. The summed E-state index contributed by atoms with van der Waals surface area (Å²) in [5.74, 6) is 0.481. The van der Waals surface area contributed by atoms with Crippen LogP contribution in [0.4, 0.5) is 0 Å². The summed E-state index contributed by atoms with van der Waals surface area (Å²) in [6, 6.07) is 7.22. The van der Waals surface area contributed by atoms with E-state index in [1.54, 1.807) is 58.2 Å². The van der Waals surface area contributed by atoms with Crippen molar-refractivity contribution in [3.8, 4) is 0 Å². The second-order valence-corrected chi connectivity index (χ2v) is 8.70. The van der Waals surface area contributed by atoms with Crippen LogP contribution >= 0.6 is 21.6 Å². The molecule has 10 nitrogen and oxygen atoms in total. The maximum Gasteiger partial charge on any atom is 0.269 e. The number of carbonyl (C=O) groups is 2. The number of H-pyrrole nitrogens is 2. The predicted molar refractivity (Wildman–Crippen MR) is 118 cm³/mol. The van der Waals surface area contributed by atoms with E-state index >= 15 is 0 Å². The Morgan fingerprint density at radius 3 is 1.60 bits per heavy atom. The van der Waals surface area contributed by atoms with Crippen LogP contribution in [0.5, 0.6) is 0 Å². The molecule has 0 bridgehead atoms. The van der Waals surface area contributed by atoms with Crippen molar-refractivity contribution in [1.29, 1.82) is 0 Å². The molecule has 0 atom stereocenters. The van der Waals surface area contributed by atoms with Crippen molar-refractivity contribution in [2.75, 3.05) is 24.6 Å². The molecule has 0 fully saturated rings. The van der Waals surface area contributed by atoms with Crippen LogP contribution in [-0.4, -0.2) is 68.2 Å². The van der Waals surface area contributed by atoms with Gasteiger partial charge in [-0.3, -0.25) is 9.59 Å². The fourth-order valence-corrected chi connectivity index (χ4v) is 4.19. The van der Waals surface area contributed by atoms with Gasteiger partial charge in [0.15, 0.2) is 0 Å². The van der Waals surface area contributed by atoms with Gasteiger partial charge in [0, 0.05) is 61.2 Å². The van der Waals surface area contributed by atoms with Crippen LogP contribution in [0.3, 0.4) is 0 Å². The fraction of sp³-hybridized carbons (Fsp3) is 0.333. The minimum atomic E-state index is -0.414. The Morgan fingerprint density at radius 1 is 0.833 bits per heavy atom. The van der Waals surface area contributed by atoms with Gasteiger partial charge >= 0.3 is 0 Å². The van der Waals surface area contributed by atoms with Crippen molar-refractivity contribution in [3.63, 3.8) is 0 Å². The van der Waals surface area contributed by atoms with Gasteiger partial charge in [0.05, 0.1) is 0 Å². The Bertz CT molecular complexity index is 767. The second-order valence-electron chi connectivity index (χ2n) is 5.99. The first-order chi connectivity index (χ1) is 14.6. The molecule has 0 aliphatic carbocycles. The van der Waals surface area contributed by atoms with Crippen LogP contribution in [0.15, 0.2) is 47.0 Å². The molecular weight excluding hydrogens is 428 g/mol. The summed E-state index contributed by atoms with van der Waals surface area (Å²) >= 11 is 0. The minimum absolute atomic E-state index is 0.0403. The van der Waals surface area contributed by atoms with Crippen molar-refractivity contribution in [1.82, 2.24) is 20.6 Å². The molecule has 162 valence electrons. The van der Waals surface area contributed by atoms with Gasteiger partial charge in [-0.05, 0) is 24.3 Å². The second kappa shape index (κ2) is 13.4. The van der Waals surface area contributed by atoms with Gasteiger partial charge in [-0.2, -0.15) is 0 Å². The molecule has 12 heteroatoms. The van der Waals surface area contributed by atoms with E-state index in [0.29, 0.717) is 24.6 Å². The van der Waals surface area contributed by atoms with E-state index in [-0.39, 0.29) is 24.3 Å². The molecule has 0 aliphatic heterocycles. The van der Waals surface area contributed by atoms with E-state index < -0.39 is 11.8 Å². The van der Waals surface area contributed by atoms with Crippen LogP contribution < -0.4 is 10.6 Å². The number of hydrogen-bond donors (Lipinski definition) is 6.